The number of amides is 1. The number of likely N-dealkylation sites (N-methyl/N-ethyl adjacent to an activating group) is 1. The number of piperidine rings is 1. The van der Waals surface area contributed by atoms with Crippen molar-refractivity contribution < 1.29 is 14.8 Å². The van der Waals surface area contributed by atoms with Crippen LogP contribution >= 0.6 is 0 Å². The Kier molecular flexibility index (Phi) is 2.75. The predicted octanol–water partition coefficient (Wildman–Crippen LogP) is 0.181. The topological polar surface area (TPSA) is 69.6 Å². The molecule has 0 bridgehead atoms. The molecule has 1 saturated carbocycles. The number of ketones is 1. The van der Waals surface area contributed by atoms with Gasteiger partial charge < -0.3 is 0 Å². The molecule has 2 unspecified atom stereocenters. The first-order chi connectivity index (χ1) is 7.49. The van der Waals surface area contributed by atoms with Crippen molar-refractivity contribution in [1.29, 1.82) is 0 Å². The van der Waals surface area contributed by atoms with Crippen LogP contribution in [-0.4, -0.2) is 41.4 Å². The fourth-order valence-corrected chi connectivity index (χ4v) is 2.93. The fraction of sp³-hybridized carbons (Fsp3) is 0.818. The van der Waals surface area contributed by atoms with E-state index in [1.54, 1.807) is 5.48 Å². The van der Waals surface area contributed by atoms with Gasteiger partial charge in [0.1, 0.15) is 11.8 Å². The minimum absolute atomic E-state index is 0.0337. The molecule has 2 fully saturated rings. The molecule has 1 saturated heterocycles. The van der Waals surface area contributed by atoms with Crippen LogP contribution in [0.5, 0.6) is 0 Å². The standard InChI is InChI=1S/C11H18N2O3/c1-7(14)8-5-11(3-4-11)6-13(2)9(8)10(15)12-16/h8-9,16H,3-6H2,1-2H3,(H,12,15). The minimum atomic E-state index is -0.520. The van der Waals surface area contributed by atoms with Crippen molar-refractivity contribution in [1.82, 2.24) is 10.4 Å². The minimum Gasteiger partial charge on any atom is -0.300 e. The summed E-state index contributed by atoms with van der Waals surface area (Å²) in [5, 5.41) is 8.71. The van der Waals surface area contributed by atoms with E-state index in [9.17, 15) is 9.59 Å². The van der Waals surface area contributed by atoms with Crippen molar-refractivity contribution in [3.63, 3.8) is 0 Å². The summed E-state index contributed by atoms with van der Waals surface area (Å²) >= 11 is 0. The van der Waals surface area contributed by atoms with Crippen LogP contribution in [0.25, 0.3) is 0 Å². The Labute approximate surface area is 94.8 Å². The number of likely N-dealkylation sites (tertiary alicyclic amines) is 1. The van der Waals surface area contributed by atoms with E-state index in [1.807, 2.05) is 11.9 Å². The van der Waals surface area contributed by atoms with Crippen molar-refractivity contribution >= 4 is 11.7 Å². The Hall–Kier alpha value is -0.940. The van der Waals surface area contributed by atoms with Gasteiger partial charge in [-0.3, -0.25) is 19.7 Å². The van der Waals surface area contributed by atoms with Crippen LogP contribution in [0.1, 0.15) is 26.2 Å². The van der Waals surface area contributed by atoms with Crippen LogP contribution in [0.4, 0.5) is 0 Å². The third kappa shape index (κ3) is 1.85. The molecule has 90 valence electrons. The molecule has 1 heterocycles. The zero-order valence-corrected chi connectivity index (χ0v) is 9.69. The van der Waals surface area contributed by atoms with Gasteiger partial charge in [-0.2, -0.15) is 0 Å². The summed E-state index contributed by atoms with van der Waals surface area (Å²) in [5.74, 6) is -0.724. The number of hydrogen-bond acceptors (Lipinski definition) is 4. The Morgan fingerprint density at radius 1 is 1.44 bits per heavy atom. The smallest absolute Gasteiger partial charge is 0.261 e. The van der Waals surface area contributed by atoms with Crippen LogP contribution < -0.4 is 5.48 Å². The third-order valence-electron chi connectivity index (χ3n) is 3.95. The van der Waals surface area contributed by atoms with Crippen molar-refractivity contribution in [2.75, 3.05) is 13.6 Å². The van der Waals surface area contributed by atoms with Gasteiger partial charge in [0.2, 0.25) is 0 Å². The Bertz CT molecular complexity index is 325. The molecule has 1 aliphatic carbocycles. The quantitative estimate of drug-likeness (QED) is 0.520. The zero-order chi connectivity index (χ0) is 11.9. The molecule has 1 aliphatic heterocycles. The lowest BCUT2D eigenvalue weighted by Gasteiger charge is -2.41. The number of carbonyl (C=O) groups is 2. The fourth-order valence-electron chi connectivity index (χ4n) is 2.93. The lowest BCUT2D eigenvalue weighted by Crippen LogP contribution is -2.56. The number of rotatable bonds is 2. The number of Topliss-reactive ketones (excluding diaryl/α,β-unsaturated/α-hetero) is 1. The van der Waals surface area contributed by atoms with Crippen LogP contribution in [0.2, 0.25) is 0 Å². The largest absolute Gasteiger partial charge is 0.300 e. The maximum Gasteiger partial charge on any atom is 0.261 e. The summed E-state index contributed by atoms with van der Waals surface area (Å²) in [5.41, 5.74) is 1.93. The molecule has 2 rings (SSSR count). The van der Waals surface area contributed by atoms with Gasteiger partial charge in [0.05, 0.1) is 0 Å². The first-order valence-electron chi connectivity index (χ1n) is 5.64. The first kappa shape index (κ1) is 11.5. The highest BCUT2D eigenvalue weighted by atomic mass is 16.5. The van der Waals surface area contributed by atoms with E-state index in [-0.39, 0.29) is 17.1 Å². The Balaban J connectivity index is 2.20. The third-order valence-corrected chi connectivity index (χ3v) is 3.95. The molecule has 5 nitrogen and oxygen atoms in total. The summed E-state index contributed by atoms with van der Waals surface area (Å²) in [6.07, 6.45) is 3.08. The summed E-state index contributed by atoms with van der Waals surface area (Å²) in [4.78, 5) is 25.1. The normalized spacial score (nSPS) is 32.4. The van der Waals surface area contributed by atoms with Gasteiger partial charge in [-0.1, -0.05) is 0 Å². The summed E-state index contributed by atoms with van der Waals surface area (Å²) in [7, 11) is 1.84. The molecule has 2 aliphatic rings. The molecule has 2 N–H and O–H groups in total. The molecule has 5 heteroatoms. The van der Waals surface area contributed by atoms with E-state index in [0.717, 1.165) is 25.8 Å². The van der Waals surface area contributed by atoms with E-state index in [1.165, 1.54) is 6.92 Å². The molecule has 0 aromatic rings. The van der Waals surface area contributed by atoms with E-state index in [4.69, 9.17) is 5.21 Å². The predicted molar refractivity (Wildman–Crippen MR) is 56.8 cm³/mol. The highest BCUT2D eigenvalue weighted by Crippen LogP contribution is 2.54. The van der Waals surface area contributed by atoms with Crippen LogP contribution in [-0.2, 0) is 9.59 Å². The maximum absolute atomic E-state index is 11.6. The van der Waals surface area contributed by atoms with E-state index >= 15 is 0 Å². The van der Waals surface area contributed by atoms with E-state index < -0.39 is 11.9 Å². The highest BCUT2D eigenvalue weighted by molar-refractivity contribution is 5.89. The monoisotopic (exact) mass is 226 g/mol. The lowest BCUT2D eigenvalue weighted by atomic mass is 9.79. The van der Waals surface area contributed by atoms with Crippen LogP contribution in [0.15, 0.2) is 0 Å². The number of carbonyl (C=O) groups excluding carboxylic acids is 2. The van der Waals surface area contributed by atoms with Crippen molar-refractivity contribution in [2.45, 2.75) is 32.2 Å². The van der Waals surface area contributed by atoms with Crippen molar-refractivity contribution in [3.05, 3.63) is 0 Å². The second kappa shape index (κ2) is 3.82. The summed E-state index contributed by atoms with van der Waals surface area (Å²) in [6.45, 7) is 2.37. The van der Waals surface area contributed by atoms with Crippen LogP contribution in [0, 0.1) is 11.3 Å². The number of hydrogen-bond donors (Lipinski definition) is 2. The van der Waals surface area contributed by atoms with Crippen molar-refractivity contribution in [3.8, 4) is 0 Å². The second-order valence-corrected chi connectivity index (χ2v) is 5.26. The average Bonchev–Trinajstić information content (AvgIpc) is 2.95. The molecule has 0 aromatic heterocycles. The van der Waals surface area contributed by atoms with Crippen LogP contribution in [0.3, 0.4) is 0 Å². The lowest BCUT2D eigenvalue weighted by molar-refractivity contribution is -0.143. The second-order valence-electron chi connectivity index (χ2n) is 5.26. The number of hydroxylamine groups is 1. The number of nitrogens with one attached hydrogen (secondary N) is 1. The molecule has 0 radical (unpaired) electrons. The van der Waals surface area contributed by atoms with E-state index in [0.29, 0.717) is 0 Å². The first-order valence-corrected chi connectivity index (χ1v) is 5.64. The molecule has 2 atom stereocenters. The highest BCUT2D eigenvalue weighted by Gasteiger charge is 2.53. The van der Waals surface area contributed by atoms with E-state index in [2.05, 4.69) is 0 Å². The van der Waals surface area contributed by atoms with Gasteiger partial charge >= 0.3 is 0 Å². The van der Waals surface area contributed by atoms with Crippen molar-refractivity contribution in [2.24, 2.45) is 11.3 Å². The Morgan fingerprint density at radius 3 is 2.50 bits per heavy atom. The maximum atomic E-state index is 11.6. The molecular weight excluding hydrogens is 208 g/mol. The summed E-state index contributed by atoms with van der Waals surface area (Å²) in [6, 6.07) is -0.520. The average molecular weight is 226 g/mol. The summed E-state index contributed by atoms with van der Waals surface area (Å²) < 4.78 is 0. The molecule has 0 aromatic carbocycles. The van der Waals surface area contributed by atoms with Gasteiger partial charge in [0.15, 0.2) is 0 Å². The van der Waals surface area contributed by atoms with Gasteiger partial charge in [-0.05, 0) is 38.6 Å². The van der Waals surface area contributed by atoms with Gasteiger partial charge in [0.25, 0.3) is 5.91 Å². The molecule has 1 spiro atoms. The van der Waals surface area contributed by atoms with Gasteiger partial charge in [-0.15, -0.1) is 0 Å². The zero-order valence-electron chi connectivity index (χ0n) is 9.69. The molecular formula is C11H18N2O3. The van der Waals surface area contributed by atoms with Gasteiger partial charge in [-0.25, -0.2) is 5.48 Å². The SMILES string of the molecule is CC(=O)C1CC2(CC2)CN(C)C1C(=O)NO. The molecule has 1 amide bonds. The number of nitrogens with zero attached hydrogens (tertiary/aromatic N) is 1. The Morgan fingerprint density at radius 2 is 2.06 bits per heavy atom. The van der Waals surface area contributed by atoms with Gasteiger partial charge in [0, 0.05) is 12.5 Å². The molecule has 16 heavy (non-hydrogen) atoms.